The van der Waals surface area contributed by atoms with Gasteiger partial charge in [-0.15, -0.1) is 0 Å². The van der Waals surface area contributed by atoms with Gasteiger partial charge in [0.05, 0.1) is 0 Å². The Morgan fingerprint density at radius 1 is 1.06 bits per heavy atom. The van der Waals surface area contributed by atoms with Gasteiger partial charge < -0.3 is 0 Å². The van der Waals surface area contributed by atoms with Crippen LogP contribution in [-0.4, -0.2) is 0 Å². The maximum atomic E-state index is 2.46. The number of hydrogen-bond donors (Lipinski definition) is 0. The summed E-state index contributed by atoms with van der Waals surface area (Å²) in [5, 5.41) is 0. The summed E-state index contributed by atoms with van der Waals surface area (Å²) in [5.74, 6) is 0.873. The van der Waals surface area contributed by atoms with Crippen molar-refractivity contribution in [3.63, 3.8) is 0 Å². The Morgan fingerprint density at radius 3 is 2.67 bits per heavy atom. The molecule has 3 rings (SSSR count). The second kappa shape index (κ2) is 5.14. The summed E-state index contributed by atoms with van der Waals surface area (Å²) < 4.78 is 0. The lowest BCUT2D eigenvalue weighted by atomic mass is 9.83. The molecule has 0 aliphatic heterocycles. The minimum absolute atomic E-state index is 0.873. The Morgan fingerprint density at radius 2 is 1.89 bits per heavy atom. The third-order valence-electron chi connectivity index (χ3n) is 4.38. The van der Waals surface area contributed by atoms with E-state index in [0.717, 1.165) is 5.92 Å². The number of aryl methyl sites for hydroxylation is 1. The molecule has 0 aromatic heterocycles. The van der Waals surface area contributed by atoms with Crippen LogP contribution in [0.25, 0.3) is 5.57 Å². The molecule has 0 nitrogen and oxygen atoms in total. The minimum Gasteiger partial charge on any atom is -0.0726 e. The first-order chi connectivity index (χ1) is 8.83. The van der Waals surface area contributed by atoms with E-state index in [9.17, 15) is 0 Å². The van der Waals surface area contributed by atoms with Gasteiger partial charge in [-0.05, 0) is 43.2 Å². The van der Waals surface area contributed by atoms with Crippen LogP contribution in [0.4, 0.5) is 0 Å². The lowest BCUT2D eigenvalue weighted by Gasteiger charge is -2.22. The average Bonchev–Trinajstić information content (AvgIpc) is 2.89. The van der Waals surface area contributed by atoms with Crippen LogP contribution in [0.3, 0.4) is 0 Å². The zero-order valence-corrected chi connectivity index (χ0v) is 11.3. The van der Waals surface area contributed by atoms with E-state index in [1.165, 1.54) is 55.2 Å². The van der Waals surface area contributed by atoms with Gasteiger partial charge in [-0.25, -0.2) is 0 Å². The molecule has 18 heavy (non-hydrogen) atoms. The molecule has 0 heterocycles. The van der Waals surface area contributed by atoms with Gasteiger partial charge >= 0.3 is 0 Å². The minimum atomic E-state index is 0.873. The van der Waals surface area contributed by atoms with Crippen LogP contribution >= 0.6 is 0 Å². The number of benzene rings is 1. The predicted molar refractivity (Wildman–Crippen MR) is 78.4 cm³/mol. The monoisotopic (exact) mass is 238 g/mol. The molecule has 2 aliphatic rings. The molecular formula is C18H22. The first-order valence-electron chi connectivity index (χ1n) is 7.30. The second-order valence-corrected chi connectivity index (χ2v) is 5.79. The largest absolute Gasteiger partial charge is 0.0726 e. The zero-order valence-electron chi connectivity index (χ0n) is 11.3. The predicted octanol–water partition coefficient (Wildman–Crippen LogP) is 5.29. The zero-order chi connectivity index (χ0) is 12.4. The molecule has 0 radical (unpaired) electrons. The van der Waals surface area contributed by atoms with Gasteiger partial charge in [0, 0.05) is 0 Å². The first-order valence-corrected chi connectivity index (χ1v) is 7.30. The van der Waals surface area contributed by atoms with Gasteiger partial charge in [0.25, 0.3) is 0 Å². The van der Waals surface area contributed by atoms with Crippen molar-refractivity contribution in [1.82, 2.24) is 0 Å². The summed E-state index contributed by atoms with van der Waals surface area (Å²) in [4.78, 5) is 0. The maximum absolute atomic E-state index is 2.46. The van der Waals surface area contributed by atoms with Gasteiger partial charge in [-0.1, -0.05) is 66.8 Å². The Bertz CT molecular complexity index is 485. The molecule has 0 saturated heterocycles. The van der Waals surface area contributed by atoms with E-state index in [1.54, 1.807) is 5.57 Å². The molecule has 1 saturated carbocycles. The first kappa shape index (κ1) is 11.8. The highest BCUT2D eigenvalue weighted by molar-refractivity contribution is 5.77. The van der Waals surface area contributed by atoms with Gasteiger partial charge in [-0.2, -0.15) is 0 Å². The molecule has 0 atom stereocenters. The Labute approximate surface area is 110 Å². The number of hydrogen-bond acceptors (Lipinski definition) is 0. The molecule has 94 valence electrons. The van der Waals surface area contributed by atoms with Crippen LogP contribution in [-0.2, 0) is 0 Å². The van der Waals surface area contributed by atoms with Crippen molar-refractivity contribution in [2.75, 3.05) is 0 Å². The lowest BCUT2D eigenvalue weighted by molar-refractivity contribution is 0.400. The Kier molecular flexibility index (Phi) is 3.36. The molecule has 0 spiro atoms. The topological polar surface area (TPSA) is 0 Å². The molecule has 1 aromatic carbocycles. The average molecular weight is 238 g/mol. The maximum Gasteiger partial charge on any atom is -0.0123 e. The quantitative estimate of drug-likeness (QED) is 0.656. The van der Waals surface area contributed by atoms with Crippen molar-refractivity contribution >= 4 is 5.57 Å². The van der Waals surface area contributed by atoms with E-state index < -0.39 is 0 Å². The van der Waals surface area contributed by atoms with E-state index in [0.29, 0.717) is 0 Å². The molecule has 2 aliphatic carbocycles. The van der Waals surface area contributed by atoms with Crippen LogP contribution in [0.1, 0.15) is 49.7 Å². The summed E-state index contributed by atoms with van der Waals surface area (Å²) >= 11 is 0. The highest BCUT2D eigenvalue weighted by Crippen LogP contribution is 2.37. The molecule has 1 aromatic rings. The van der Waals surface area contributed by atoms with E-state index in [2.05, 4.69) is 43.3 Å². The fraction of sp³-hybridized carbons (Fsp3) is 0.444. The molecule has 0 unspecified atom stereocenters. The number of rotatable bonds is 2. The van der Waals surface area contributed by atoms with Gasteiger partial charge in [0.1, 0.15) is 0 Å². The van der Waals surface area contributed by atoms with Crippen molar-refractivity contribution in [3.8, 4) is 0 Å². The van der Waals surface area contributed by atoms with Crippen LogP contribution in [0.5, 0.6) is 0 Å². The molecule has 0 bridgehead atoms. The SMILES string of the molecule is Cc1cccc(C2=CCC(C3CCCCC3)=C2)c1. The van der Waals surface area contributed by atoms with Gasteiger partial charge in [0.2, 0.25) is 0 Å². The van der Waals surface area contributed by atoms with E-state index in [4.69, 9.17) is 0 Å². The summed E-state index contributed by atoms with van der Waals surface area (Å²) in [7, 11) is 0. The van der Waals surface area contributed by atoms with E-state index in [-0.39, 0.29) is 0 Å². The lowest BCUT2D eigenvalue weighted by Crippen LogP contribution is -2.07. The van der Waals surface area contributed by atoms with Crippen molar-refractivity contribution in [1.29, 1.82) is 0 Å². The highest BCUT2D eigenvalue weighted by Gasteiger charge is 2.20. The highest BCUT2D eigenvalue weighted by atomic mass is 14.2. The Balaban J connectivity index is 1.77. The second-order valence-electron chi connectivity index (χ2n) is 5.79. The third kappa shape index (κ3) is 2.43. The molecule has 0 N–H and O–H groups in total. The third-order valence-corrected chi connectivity index (χ3v) is 4.38. The fourth-order valence-electron chi connectivity index (χ4n) is 3.33. The Hall–Kier alpha value is -1.30. The molecule has 0 heteroatoms. The molecular weight excluding hydrogens is 216 g/mol. The van der Waals surface area contributed by atoms with E-state index in [1.807, 2.05) is 0 Å². The normalized spacial score (nSPS) is 20.7. The summed E-state index contributed by atoms with van der Waals surface area (Å²) in [6, 6.07) is 8.87. The molecule has 0 amide bonds. The standard InChI is InChI=1S/C18H22/c1-14-6-5-9-16(12-14)18-11-10-17(13-18)15-7-3-2-4-8-15/h5-6,9,11-13,15H,2-4,7-8,10H2,1H3. The van der Waals surface area contributed by atoms with Crippen molar-refractivity contribution in [2.24, 2.45) is 5.92 Å². The summed E-state index contributed by atoms with van der Waals surface area (Å²) in [5.41, 5.74) is 5.87. The van der Waals surface area contributed by atoms with Crippen molar-refractivity contribution < 1.29 is 0 Å². The summed E-state index contributed by atoms with van der Waals surface area (Å²) in [6.07, 6.45) is 13.2. The smallest absolute Gasteiger partial charge is 0.0123 e. The molecule has 1 fully saturated rings. The van der Waals surface area contributed by atoms with Gasteiger partial charge in [-0.3, -0.25) is 0 Å². The van der Waals surface area contributed by atoms with Crippen LogP contribution < -0.4 is 0 Å². The van der Waals surface area contributed by atoms with E-state index >= 15 is 0 Å². The summed E-state index contributed by atoms with van der Waals surface area (Å²) in [6.45, 7) is 2.17. The van der Waals surface area contributed by atoms with Crippen LogP contribution in [0.2, 0.25) is 0 Å². The van der Waals surface area contributed by atoms with Gasteiger partial charge in [0.15, 0.2) is 0 Å². The van der Waals surface area contributed by atoms with Crippen LogP contribution in [0, 0.1) is 12.8 Å². The van der Waals surface area contributed by atoms with Crippen molar-refractivity contribution in [3.05, 3.63) is 53.1 Å². The van der Waals surface area contributed by atoms with Crippen molar-refractivity contribution in [2.45, 2.75) is 45.4 Å². The van der Waals surface area contributed by atoms with Crippen LogP contribution in [0.15, 0.2) is 42.0 Å². The fourth-order valence-corrected chi connectivity index (χ4v) is 3.33. The number of allylic oxidation sites excluding steroid dienone is 4.